The summed E-state index contributed by atoms with van der Waals surface area (Å²) in [5, 5.41) is 9.31. The highest BCUT2D eigenvalue weighted by Crippen LogP contribution is 2.27. The Morgan fingerprint density at radius 2 is 1.85 bits per heavy atom. The lowest BCUT2D eigenvalue weighted by Crippen LogP contribution is -2.04. The predicted molar refractivity (Wildman–Crippen MR) is 81.2 cm³/mol. The SMILES string of the molecule is CCCCn1c(-c2ccc(C)cc2)cc(C(=O)O)c1C. The van der Waals surface area contributed by atoms with E-state index in [-0.39, 0.29) is 0 Å². The van der Waals surface area contributed by atoms with E-state index in [9.17, 15) is 9.90 Å². The molecule has 1 N–H and O–H groups in total. The number of aryl methyl sites for hydroxylation is 1. The highest BCUT2D eigenvalue weighted by atomic mass is 16.4. The summed E-state index contributed by atoms with van der Waals surface area (Å²) in [4.78, 5) is 11.3. The molecule has 0 amide bonds. The van der Waals surface area contributed by atoms with Crippen LogP contribution in [-0.2, 0) is 6.54 Å². The zero-order chi connectivity index (χ0) is 14.7. The van der Waals surface area contributed by atoms with Gasteiger partial charge in [-0.05, 0) is 31.9 Å². The van der Waals surface area contributed by atoms with Gasteiger partial charge in [-0.1, -0.05) is 43.2 Å². The molecular formula is C17H21NO2. The van der Waals surface area contributed by atoms with Crippen molar-refractivity contribution >= 4 is 5.97 Å². The first-order chi connectivity index (χ1) is 9.54. The third kappa shape index (κ3) is 2.77. The Balaban J connectivity index is 2.52. The minimum absolute atomic E-state index is 0.400. The molecule has 1 heterocycles. The first kappa shape index (κ1) is 14.4. The summed E-state index contributed by atoms with van der Waals surface area (Å²) in [7, 11) is 0. The molecule has 0 fully saturated rings. The fourth-order valence-corrected chi connectivity index (χ4v) is 2.43. The Labute approximate surface area is 119 Å². The van der Waals surface area contributed by atoms with E-state index in [4.69, 9.17) is 0 Å². The van der Waals surface area contributed by atoms with Gasteiger partial charge in [0.25, 0.3) is 0 Å². The molecule has 0 radical (unpaired) electrons. The van der Waals surface area contributed by atoms with Crippen molar-refractivity contribution in [2.24, 2.45) is 0 Å². The number of benzene rings is 1. The second-order valence-electron chi connectivity index (χ2n) is 5.21. The van der Waals surface area contributed by atoms with E-state index in [2.05, 4.69) is 35.8 Å². The normalized spacial score (nSPS) is 10.8. The average Bonchev–Trinajstić information content (AvgIpc) is 2.75. The van der Waals surface area contributed by atoms with Crippen molar-refractivity contribution in [3.05, 3.63) is 47.2 Å². The van der Waals surface area contributed by atoms with E-state index >= 15 is 0 Å². The molecule has 106 valence electrons. The molecule has 0 saturated carbocycles. The first-order valence-electron chi connectivity index (χ1n) is 7.05. The molecule has 3 nitrogen and oxygen atoms in total. The van der Waals surface area contributed by atoms with Gasteiger partial charge in [0.2, 0.25) is 0 Å². The van der Waals surface area contributed by atoms with Crippen LogP contribution in [0, 0.1) is 13.8 Å². The van der Waals surface area contributed by atoms with Crippen LogP contribution in [0.3, 0.4) is 0 Å². The maximum absolute atomic E-state index is 11.3. The van der Waals surface area contributed by atoms with Crippen LogP contribution in [0.15, 0.2) is 30.3 Å². The smallest absolute Gasteiger partial charge is 0.337 e. The lowest BCUT2D eigenvalue weighted by molar-refractivity contribution is 0.0696. The van der Waals surface area contributed by atoms with Gasteiger partial charge in [-0.25, -0.2) is 4.79 Å². The number of rotatable bonds is 5. The first-order valence-corrected chi connectivity index (χ1v) is 7.05. The fourth-order valence-electron chi connectivity index (χ4n) is 2.43. The van der Waals surface area contributed by atoms with Crippen LogP contribution in [-0.4, -0.2) is 15.6 Å². The molecule has 2 aromatic rings. The van der Waals surface area contributed by atoms with Crippen LogP contribution in [0.1, 0.15) is 41.4 Å². The van der Waals surface area contributed by atoms with Crippen LogP contribution in [0.4, 0.5) is 0 Å². The Morgan fingerprint density at radius 3 is 2.40 bits per heavy atom. The van der Waals surface area contributed by atoms with Gasteiger partial charge in [0, 0.05) is 17.9 Å². The third-order valence-corrected chi connectivity index (χ3v) is 3.68. The highest BCUT2D eigenvalue weighted by molar-refractivity contribution is 5.91. The van der Waals surface area contributed by atoms with Crippen molar-refractivity contribution in [3.8, 4) is 11.3 Å². The van der Waals surface area contributed by atoms with Crippen molar-refractivity contribution in [1.29, 1.82) is 0 Å². The number of nitrogens with zero attached hydrogens (tertiary/aromatic N) is 1. The summed E-state index contributed by atoms with van der Waals surface area (Å²) in [5.41, 5.74) is 4.50. The summed E-state index contributed by atoms with van der Waals surface area (Å²) >= 11 is 0. The summed E-state index contributed by atoms with van der Waals surface area (Å²) < 4.78 is 2.12. The quantitative estimate of drug-likeness (QED) is 0.882. The topological polar surface area (TPSA) is 42.2 Å². The van der Waals surface area contributed by atoms with Gasteiger partial charge in [0.05, 0.1) is 5.56 Å². The van der Waals surface area contributed by atoms with Gasteiger partial charge >= 0.3 is 5.97 Å². The van der Waals surface area contributed by atoms with Crippen molar-refractivity contribution in [2.45, 2.75) is 40.2 Å². The van der Waals surface area contributed by atoms with Crippen LogP contribution in [0.25, 0.3) is 11.3 Å². The van der Waals surface area contributed by atoms with Crippen LogP contribution in [0.5, 0.6) is 0 Å². The number of carboxylic acids is 1. The van der Waals surface area contributed by atoms with E-state index in [1.165, 1.54) is 5.56 Å². The van der Waals surface area contributed by atoms with E-state index < -0.39 is 5.97 Å². The Kier molecular flexibility index (Phi) is 4.28. The molecule has 0 unspecified atom stereocenters. The third-order valence-electron chi connectivity index (χ3n) is 3.68. The fraction of sp³-hybridized carbons (Fsp3) is 0.353. The summed E-state index contributed by atoms with van der Waals surface area (Å²) in [6, 6.07) is 10.0. The zero-order valence-electron chi connectivity index (χ0n) is 12.3. The monoisotopic (exact) mass is 271 g/mol. The minimum atomic E-state index is -0.855. The average molecular weight is 271 g/mol. The number of unbranched alkanes of at least 4 members (excludes halogenated alkanes) is 1. The number of carbonyl (C=O) groups is 1. The number of hydrogen-bond donors (Lipinski definition) is 1. The van der Waals surface area contributed by atoms with Crippen molar-refractivity contribution < 1.29 is 9.90 Å². The zero-order valence-corrected chi connectivity index (χ0v) is 12.3. The maximum atomic E-state index is 11.3. The molecular weight excluding hydrogens is 250 g/mol. The van der Waals surface area contributed by atoms with Gasteiger partial charge in [0.15, 0.2) is 0 Å². The predicted octanol–water partition coefficient (Wildman–Crippen LogP) is 4.27. The van der Waals surface area contributed by atoms with E-state index in [0.717, 1.165) is 36.3 Å². The van der Waals surface area contributed by atoms with Gasteiger partial charge < -0.3 is 9.67 Å². The van der Waals surface area contributed by atoms with Crippen LogP contribution in [0.2, 0.25) is 0 Å². The molecule has 0 aliphatic rings. The summed E-state index contributed by atoms with van der Waals surface area (Å²) in [5.74, 6) is -0.855. The molecule has 0 saturated heterocycles. The Morgan fingerprint density at radius 1 is 1.20 bits per heavy atom. The van der Waals surface area contributed by atoms with Crippen molar-refractivity contribution in [2.75, 3.05) is 0 Å². The second-order valence-corrected chi connectivity index (χ2v) is 5.21. The Bertz CT molecular complexity index is 609. The minimum Gasteiger partial charge on any atom is -0.478 e. The van der Waals surface area contributed by atoms with Gasteiger partial charge in [-0.2, -0.15) is 0 Å². The standard InChI is InChI=1S/C17H21NO2/c1-4-5-10-18-13(3)15(17(19)20)11-16(18)14-8-6-12(2)7-9-14/h6-9,11H,4-5,10H2,1-3H3,(H,19,20). The number of aromatic nitrogens is 1. The van der Waals surface area contributed by atoms with Crippen LogP contribution >= 0.6 is 0 Å². The lowest BCUT2D eigenvalue weighted by Gasteiger charge is -2.11. The molecule has 0 aliphatic carbocycles. The molecule has 0 atom stereocenters. The molecule has 1 aromatic carbocycles. The summed E-state index contributed by atoms with van der Waals surface area (Å²) in [6.07, 6.45) is 2.14. The van der Waals surface area contributed by atoms with Crippen molar-refractivity contribution in [3.63, 3.8) is 0 Å². The van der Waals surface area contributed by atoms with Gasteiger partial charge in [-0.3, -0.25) is 0 Å². The van der Waals surface area contributed by atoms with Gasteiger partial charge in [-0.15, -0.1) is 0 Å². The highest BCUT2D eigenvalue weighted by Gasteiger charge is 2.17. The van der Waals surface area contributed by atoms with Crippen molar-refractivity contribution in [1.82, 2.24) is 4.57 Å². The van der Waals surface area contributed by atoms with Crippen LogP contribution < -0.4 is 0 Å². The number of aromatic carboxylic acids is 1. The molecule has 0 aliphatic heterocycles. The van der Waals surface area contributed by atoms with Gasteiger partial charge in [0.1, 0.15) is 0 Å². The van der Waals surface area contributed by atoms with E-state index in [0.29, 0.717) is 5.56 Å². The Hall–Kier alpha value is -2.03. The second kappa shape index (κ2) is 5.95. The van der Waals surface area contributed by atoms with E-state index in [1.807, 2.05) is 13.8 Å². The molecule has 0 spiro atoms. The maximum Gasteiger partial charge on any atom is 0.337 e. The largest absolute Gasteiger partial charge is 0.478 e. The lowest BCUT2D eigenvalue weighted by atomic mass is 10.1. The summed E-state index contributed by atoms with van der Waals surface area (Å²) in [6.45, 7) is 6.94. The number of carboxylic acid groups (broad SMARTS) is 1. The molecule has 20 heavy (non-hydrogen) atoms. The van der Waals surface area contributed by atoms with E-state index in [1.54, 1.807) is 6.07 Å². The number of hydrogen-bond acceptors (Lipinski definition) is 1. The molecule has 2 rings (SSSR count). The molecule has 3 heteroatoms. The molecule has 0 bridgehead atoms. The molecule has 1 aromatic heterocycles.